The summed E-state index contributed by atoms with van der Waals surface area (Å²) in [6.45, 7) is 0.431. The number of methoxy groups -OCH3 is 1. The van der Waals surface area contributed by atoms with Crippen molar-refractivity contribution in [1.82, 2.24) is 4.98 Å². The van der Waals surface area contributed by atoms with Gasteiger partial charge in [0.2, 0.25) is 0 Å². The molecular weight excluding hydrogens is 264 g/mol. The number of ether oxygens (including phenoxy) is 2. The monoisotopic (exact) mass is 280 g/mol. The highest BCUT2D eigenvalue weighted by Gasteiger charge is 2.06. The highest BCUT2D eigenvalue weighted by Crippen LogP contribution is 2.28. The van der Waals surface area contributed by atoms with Gasteiger partial charge in [0.1, 0.15) is 18.1 Å². The summed E-state index contributed by atoms with van der Waals surface area (Å²) in [5.41, 5.74) is 8.55. The number of hydrogen-bond donors (Lipinski definition) is 1. The van der Waals surface area contributed by atoms with Crippen LogP contribution in [0.3, 0.4) is 0 Å². The number of rotatable bonds is 4. The second-order valence-corrected chi connectivity index (χ2v) is 4.68. The fourth-order valence-electron chi connectivity index (χ4n) is 2.20. The topological polar surface area (TPSA) is 57.4 Å². The van der Waals surface area contributed by atoms with Gasteiger partial charge in [-0.05, 0) is 24.3 Å². The highest BCUT2D eigenvalue weighted by atomic mass is 16.5. The third-order valence-corrected chi connectivity index (χ3v) is 3.34. The molecule has 0 saturated heterocycles. The minimum Gasteiger partial charge on any atom is -0.497 e. The Hall–Kier alpha value is -2.75. The van der Waals surface area contributed by atoms with Gasteiger partial charge in [-0.2, -0.15) is 0 Å². The van der Waals surface area contributed by atoms with Crippen molar-refractivity contribution in [3.8, 4) is 11.5 Å². The van der Waals surface area contributed by atoms with Gasteiger partial charge in [-0.15, -0.1) is 0 Å². The van der Waals surface area contributed by atoms with E-state index in [1.165, 1.54) is 0 Å². The van der Waals surface area contributed by atoms with E-state index in [0.717, 1.165) is 22.2 Å². The molecule has 106 valence electrons. The first-order chi connectivity index (χ1) is 10.3. The molecule has 21 heavy (non-hydrogen) atoms. The van der Waals surface area contributed by atoms with Crippen LogP contribution in [0.15, 0.2) is 54.7 Å². The van der Waals surface area contributed by atoms with Gasteiger partial charge >= 0.3 is 0 Å². The molecule has 2 aromatic carbocycles. The van der Waals surface area contributed by atoms with Gasteiger partial charge < -0.3 is 15.2 Å². The summed E-state index contributed by atoms with van der Waals surface area (Å²) in [4.78, 5) is 4.34. The average Bonchev–Trinajstić information content (AvgIpc) is 2.54. The smallest absolute Gasteiger partial charge is 0.146 e. The van der Waals surface area contributed by atoms with Gasteiger partial charge in [0.25, 0.3) is 0 Å². The van der Waals surface area contributed by atoms with Gasteiger partial charge in [0, 0.05) is 23.2 Å². The summed E-state index contributed by atoms with van der Waals surface area (Å²) in [5, 5.41) is 1.08. The predicted molar refractivity (Wildman–Crippen MR) is 83.5 cm³/mol. The van der Waals surface area contributed by atoms with Crippen molar-refractivity contribution < 1.29 is 9.47 Å². The van der Waals surface area contributed by atoms with Crippen LogP contribution in [0.1, 0.15) is 5.56 Å². The number of anilines is 1. The first-order valence-corrected chi connectivity index (χ1v) is 6.67. The lowest BCUT2D eigenvalue weighted by molar-refractivity contribution is 0.307. The predicted octanol–water partition coefficient (Wildman–Crippen LogP) is 3.40. The van der Waals surface area contributed by atoms with Crippen LogP contribution in [0.4, 0.5) is 5.69 Å². The molecule has 3 rings (SSSR count). The number of nitrogen functional groups attached to an aromatic ring is 1. The molecule has 0 saturated carbocycles. The number of benzene rings is 2. The maximum atomic E-state index is 5.93. The molecule has 0 bridgehead atoms. The van der Waals surface area contributed by atoms with Crippen molar-refractivity contribution >= 4 is 16.6 Å². The number of pyridine rings is 1. The van der Waals surface area contributed by atoms with E-state index in [0.29, 0.717) is 18.0 Å². The minimum atomic E-state index is 0.431. The first-order valence-electron chi connectivity index (χ1n) is 6.67. The molecule has 0 radical (unpaired) electrons. The minimum absolute atomic E-state index is 0.431. The van der Waals surface area contributed by atoms with Crippen molar-refractivity contribution in [2.24, 2.45) is 0 Å². The summed E-state index contributed by atoms with van der Waals surface area (Å²) >= 11 is 0. The summed E-state index contributed by atoms with van der Waals surface area (Å²) < 4.78 is 11.0. The molecular formula is C17H16N2O2. The van der Waals surface area contributed by atoms with Crippen LogP contribution in [-0.2, 0) is 6.61 Å². The number of aromatic nitrogens is 1. The molecule has 0 aliphatic rings. The van der Waals surface area contributed by atoms with Gasteiger partial charge in [-0.25, -0.2) is 0 Å². The molecule has 0 amide bonds. The Kier molecular flexibility index (Phi) is 3.60. The molecule has 1 aromatic heterocycles. The molecule has 0 aliphatic heterocycles. The summed E-state index contributed by atoms with van der Waals surface area (Å²) in [6.07, 6.45) is 1.79. The van der Waals surface area contributed by atoms with E-state index < -0.39 is 0 Å². The fraction of sp³-hybridized carbons (Fsp3) is 0.118. The Bertz CT molecular complexity index is 766. The zero-order valence-corrected chi connectivity index (χ0v) is 11.7. The standard InChI is InChI=1S/C17H16N2O2/c1-20-13-6-7-15(18)17(10-13)21-11-12-8-9-19-16-5-3-2-4-14(12)16/h2-10H,11,18H2,1H3. The van der Waals surface area contributed by atoms with Crippen molar-refractivity contribution in [2.45, 2.75) is 6.61 Å². The number of hydrogen-bond acceptors (Lipinski definition) is 4. The molecule has 3 aromatic rings. The first kappa shape index (κ1) is 13.2. The van der Waals surface area contributed by atoms with Gasteiger partial charge in [-0.1, -0.05) is 18.2 Å². The molecule has 2 N–H and O–H groups in total. The Labute approximate surface area is 123 Å². The number of nitrogens with two attached hydrogens (primary N) is 1. The second-order valence-electron chi connectivity index (χ2n) is 4.68. The summed E-state index contributed by atoms with van der Waals surface area (Å²) in [5.74, 6) is 1.34. The number of nitrogens with zero attached hydrogens (tertiary/aromatic N) is 1. The zero-order chi connectivity index (χ0) is 14.7. The van der Waals surface area contributed by atoms with Crippen LogP contribution in [0.25, 0.3) is 10.9 Å². The zero-order valence-electron chi connectivity index (χ0n) is 11.7. The van der Waals surface area contributed by atoms with E-state index in [9.17, 15) is 0 Å². The van der Waals surface area contributed by atoms with Crippen LogP contribution in [-0.4, -0.2) is 12.1 Å². The van der Waals surface area contributed by atoms with E-state index in [4.69, 9.17) is 15.2 Å². The highest BCUT2D eigenvalue weighted by molar-refractivity contribution is 5.81. The quantitative estimate of drug-likeness (QED) is 0.744. The molecule has 4 heteroatoms. The molecule has 0 fully saturated rings. The van der Waals surface area contributed by atoms with E-state index in [-0.39, 0.29) is 0 Å². The molecule has 0 unspecified atom stereocenters. The van der Waals surface area contributed by atoms with Crippen molar-refractivity contribution in [1.29, 1.82) is 0 Å². The Morgan fingerprint density at radius 2 is 1.95 bits per heavy atom. The molecule has 1 heterocycles. The Balaban J connectivity index is 1.87. The van der Waals surface area contributed by atoms with Gasteiger partial charge in [-0.3, -0.25) is 4.98 Å². The lowest BCUT2D eigenvalue weighted by atomic mass is 10.1. The molecule has 0 aliphatic carbocycles. The molecule has 0 atom stereocenters. The summed E-state index contributed by atoms with van der Waals surface area (Å²) in [6, 6.07) is 15.3. The van der Waals surface area contributed by atoms with Gasteiger partial charge in [0.15, 0.2) is 0 Å². The van der Waals surface area contributed by atoms with Crippen LogP contribution in [0, 0.1) is 0 Å². The average molecular weight is 280 g/mol. The SMILES string of the molecule is COc1ccc(N)c(OCc2ccnc3ccccc23)c1. The van der Waals surface area contributed by atoms with E-state index in [1.54, 1.807) is 25.4 Å². The lowest BCUT2D eigenvalue weighted by Crippen LogP contribution is -2.00. The fourth-order valence-corrected chi connectivity index (χ4v) is 2.20. The van der Waals surface area contributed by atoms with Crippen LogP contribution in [0.2, 0.25) is 0 Å². The number of fused-ring (bicyclic) bond motifs is 1. The Morgan fingerprint density at radius 3 is 2.81 bits per heavy atom. The van der Waals surface area contributed by atoms with Crippen LogP contribution >= 0.6 is 0 Å². The van der Waals surface area contributed by atoms with E-state index in [1.807, 2.05) is 36.4 Å². The lowest BCUT2D eigenvalue weighted by Gasteiger charge is -2.11. The number of para-hydroxylation sites is 1. The van der Waals surface area contributed by atoms with E-state index in [2.05, 4.69) is 4.98 Å². The van der Waals surface area contributed by atoms with Crippen molar-refractivity contribution in [3.05, 3.63) is 60.3 Å². The maximum absolute atomic E-state index is 5.93. The largest absolute Gasteiger partial charge is 0.497 e. The third kappa shape index (κ3) is 2.74. The van der Waals surface area contributed by atoms with Crippen molar-refractivity contribution in [2.75, 3.05) is 12.8 Å². The normalized spacial score (nSPS) is 10.5. The van der Waals surface area contributed by atoms with E-state index >= 15 is 0 Å². The summed E-state index contributed by atoms with van der Waals surface area (Å²) in [7, 11) is 1.62. The Morgan fingerprint density at radius 1 is 1.10 bits per heavy atom. The maximum Gasteiger partial charge on any atom is 0.146 e. The third-order valence-electron chi connectivity index (χ3n) is 3.34. The van der Waals surface area contributed by atoms with Crippen molar-refractivity contribution in [3.63, 3.8) is 0 Å². The van der Waals surface area contributed by atoms with Crippen LogP contribution < -0.4 is 15.2 Å². The molecule has 4 nitrogen and oxygen atoms in total. The second kappa shape index (κ2) is 5.71. The van der Waals surface area contributed by atoms with Gasteiger partial charge in [0.05, 0.1) is 18.3 Å². The van der Waals surface area contributed by atoms with Crippen LogP contribution in [0.5, 0.6) is 11.5 Å². The molecule has 0 spiro atoms.